The lowest BCUT2D eigenvalue weighted by molar-refractivity contribution is 0.243. The minimum Gasteiger partial charge on any atom is -0.336 e. The van der Waals surface area contributed by atoms with Crippen LogP contribution in [0.25, 0.3) is 0 Å². The second-order valence-electron chi connectivity index (χ2n) is 6.63. The van der Waals surface area contributed by atoms with Crippen molar-refractivity contribution >= 4 is 22.5 Å². The van der Waals surface area contributed by atoms with Gasteiger partial charge in [0.05, 0.1) is 6.04 Å². The molecule has 1 atom stereocenters. The predicted octanol–water partition coefficient (Wildman–Crippen LogP) is 3.40. The number of anilines is 1. The van der Waals surface area contributed by atoms with Crippen LogP contribution >= 0.6 is 11.3 Å². The zero-order valence-corrected chi connectivity index (χ0v) is 15.8. The fourth-order valence-corrected chi connectivity index (χ4v) is 3.59. The van der Waals surface area contributed by atoms with Gasteiger partial charge in [-0.05, 0) is 44.5 Å². The second kappa shape index (κ2) is 7.93. The van der Waals surface area contributed by atoms with Crippen LogP contribution in [0.15, 0.2) is 24.3 Å². The maximum atomic E-state index is 12.2. The Labute approximate surface area is 152 Å². The third-order valence-electron chi connectivity index (χ3n) is 4.44. The van der Waals surface area contributed by atoms with Crippen LogP contribution in [-0.4, -0.2) is 41.8 Å². The van der Waals surface area contributed by atoms with E-state index in [1.165, 1.54) is 35.3 Å². The molecule has 25 heavy (non-hydrogen) atoms. The van der Waals surface area contributed by atoms with E-state index in [4.69, 9.17) is 0 Å². The van der Waals surface area contributed by atoms with Gasteiger partial charge in [-0.1, -0.05) is 42.5 Å². The zero-order valence-electron chi connectivity index (χ0n) is 15.0. The Morgan fingerprint density at radius 3 is 2.60 bits per heavy atom. The summed E-state index contributed by atoms with van der Waals surface area (Å²) in [6.07, 6.45) is 3.39. The summed E-state index contributed by atoms with van der Waals surface area (Å²) < 4.78 is 0. The third-order valence-corrected chi connectivity index (χ3v) is 5.44. The number of hydrogen-bond donors (Lipinski definition) is 2. The van der Waals surface area contributed by atoms with Crippen LogP contribution in [0.1, 0.15) is 47.9 Å². The summed E-state index contributed by atoms with van der Waals surface area (Å²) in [7, 11) is 4.04. The van der Waals surface area contributed by atoms with Crippen molar-refractivity contribution in [2.75, 3.05) is 26.0 Å². The number of aromatic nitrogens is 2. The number of nitrogens with one attached hydrogen (secondary N) is 2. The molecule has 6 nitrogen and oxygen atoms in total. The van der Waals surface area contributed by atoms with Gasteiger partial charge in [-0.15, -0.1) is 10.2 Å². The molecular formula is C18H25N5OS. The van der Waals surface area contributed by atoms with Gasteiger partial charge in [0.1, 0.15) is 5.01 Å². The first-order valence-corrected chi connectivity index (χ1v) is 9.52. The average Bonchev–Trinajstić information content (AvgIpc) is 3.35. The Morgan fingerprint density at radius 2 is 2.00 bits per heavy atom. The quantitative estimate of drug-likeness (QED) is 0.795. The molecule has 1 saturated carbocycles. The first-order chi connectivity index (χ1) is 12.1. The number of benzene rings is 1. The van der Waals surface area contributed by atoms with Gasteiger partial charge in [-0.25, -0.2) is 4.79 Å². The van der Waals surface area contributed by atoms with Gasteiger partial charge in [0.15, 0.2) is 0 Å². The van der Waals surface area contributed by atoms with E-state index < -0.39 is 0 Å². The highest BCUT2D eigenvalue weighted by molar-refractivity contribution is 7.15. The smallest absolute Gasteiger partial charge is 0.321 e. The van der Waals surface area contributed by atoms with Gasteiger partial charge in [0, 0.05) is 12.5 Å². The highest BCUT2D eigenvalue weighted by Gasteiger charge is 2.27. The average molecular weight is 359 g/mol. The standard InChI is InChI=1S/C18H25N5OS/c1-4-12-5-7-13(8-6-12)15(23(2)3)11-19-17(24)20-18-22-21-16(25-18)14-9-10-14/h5-8,14-15H,4,9-11H2,1-3H3,(H2,19,20,22,24). The topological polar surface area (TPSA) is 70.1 Å². The Hall–Kier alpha value is -1.99. The fraction of sp³-hybridized carbons (Fsp3) is 0.500. The first-order valence-electron chi connectivity index (χ1n) is 8.70. The first kappa shape index (κ1) is 17.8. The van der Waals surface area contributed by atoms with Crippen LogP contribution in [0.3, 0.4) is 0 Å². The van der Waals surface area contributed by atoms with E-state index in [9.17, 15) is 4.79 Å². The van der Waals surface area contributed by atoms with Crippen LogP contribution in [0, 0.1) is 0 Å². The molecule has 134 valence electrons. The second-order valence-corrected chi connectivity index (χ2v) is 7.64. The molecule has 0 bridgehead atoms. The Kier molecular flexibility index (Phi) is 5.65. The Bertz CT molecular complexity index is 709. The monoisotopic (exact) mass is 359 g/mol. The van der Waals surface area contributed by atoms with Gasteiger partial charge in [0.2, 0.25) is 5.13 Å². The molecule has 0 radical (unpaired) electrons. The number of amides is 2. The van der Waals surface area contributed by atoms with Gasteiger partial charge < -0.3 is 10.2 Å². The molecule has 0 aliphatic heterocycles. The molecule has 0 spiro atoms. The lowest BCUT2D eigenvalue weighted by Crippen LogP contribution is -2.36. The summed E-state index contributed by atoms with van der Waals surface area (Å²) in [6, 6.07) is 8.44. The molecule has 1 unspecified atom stereocenters. The largest absolute Gasteiger partial charge is 0.336 e. The SMILES string of the molecule is CCc1ccc(C(CNC(=O)Nc2nnc(C3CC3)s2)N(C)C)cc1. The lowest BCUT2D eigenvalue weighted by Gasteiger charge is -2.25. The van der Waals surface area contributed by atoms with Crippen LogP contribution in [-0.2, 0) is 6.42 Å². The number of rotatable bonds is 7. The third kappa shape index (κ3) is 4.76. The molecule has 2 amide bonds. The number of urea groups is 1. The van der Waals surface area contributed by atoms with E-state index in [2.05, 4.69) is 56.9 Å². The van der Waals surface area contributed by atoms with Crippen LogP contribution < -0.4 is 10.6 Å². The number of carbonyl (C=O) groups is 1. The van der Waals surface area contributed by atoms with Crippen LogP contribution in [0.5, 0.6) is 0 Å². The van der Waals surface area contributed by atoms with E-state index in [-0.39, 0.29) is 12.1 Å². The highest BCUT2D eigenvalue weighted by atomic mass is 32.1. The number of carbonyl (C=O) groups excluding carboxylic acids is 1. The summed E-state index contributed by atoms with van der Waals surface area (Å²) in [6.45, 7) is 2.67. The maximum absolute atomic E-state index is 12.2. The van der Waals surface area contributed by atoms with Crippen molar-refractivity contribution in [3.63, 3.8) is 0 Å². The summed E-state index contributed by atoms with van der Waals surface area (Å²) >= 11 is 1.47. The highest BCUT2D eigenvalue weighted by Crippen LogP contribution is 2.42. The summed E-state index contributed by atoms with van der Waals surface area (Å²) in [5.41, 5.74) is 2.50. The van der Waals surface area contributed by atoms with E-state index >= 15 is 0 Å². The molecule has 1 aliphatic rings. The lowest BCUT2D eigenvalue weighted by atomic mass is 10.0. The number of nitrogens with zero attached hydrogens (tertiary/aromatic N) is 3. The van der Waals surface area contributed by atoms with Gasteiger partial charge in [-0.2, -0.15) is 0 Å². The van der Waals surface area contributed by atoms with Crippen molar-refractivity contribution in [1.82, 2.24) is 20.4 Å². The van der Waals surface area contributed by atoms with Crippen molar-refractivity contribution in [2.45, 2.75) is 38.1 Å². The Morgan fingerprint density at radius 1 is 1.28 bits per heavy atom. The van der Waals surface area contributed by atoms with Crippen molar-refractivity contribution in [3.8, 4) is 0 Å². The van der Waals surface area contributed by atoms with Crippen molar-refractivity contribution in [1.29, 1.82) is 0 Å². The molecule has 2 aromatic rings. The van der Waals surface area contributed by atoms with Gasteiger partial charge in [0.25, 0.3) is 0 Å². The minimum absolute atomic E-state index is 0.119. The molecule has 1 heterocycles. The summed E-state index contributed by atoms with van der Waals surface area (Å²) in [5.74, 6) is 0.556. The maximum Gasteiger partial charge on any atom is 0.321 e. The number of hydrogen-bond acceptors (Lipinski definition) is 5. The van der Waals surface area contributed by atoms with Crippen molar-refractivity contribution < 1.29 is 4.79 Å². The zero-order chi connectivity index (χ0) is 17.8. The van der Waals surface area contributed by atoms with Crippen LogP contribution in [0.2, 0.25) is 0 Å². The number of aryl methyl sites for hydroxylation is 1. The van der Waals surface area contributed by atoms with E-state index in [0.29, 0.717) is 17.6 Å². The molecule has 7 heteroatoms. The molecular weight excluding hydrogens is 334 g/mol. The van der Waals surface area contributed by atoms with Crippen molar-refractivity contribution in [2.24, 2.45) is 0 Å². The fourth-order valence-electron chi connectivity index (χ4n) is 2.69. The Balaban J connectivity index is 1.55. The van der Waals surface area contributed by atoms with Gasteiger partial charge >= 0.3 is 6.03 Å². The van der Waals surface area contributed by atoms with E-state index in [0.717, 1.165) is 11.4 Å². The molecule has 1 aromatic carbocycles. The van der Waals surface area contributed by atoms with E-state index in [1.807, 2.05) is 14.1 Å². The molecule has 0 saturated heterocycles. The number of likely N-dealkylation sites (N-methyl/N-ethyl adjacent to an activating group) is 1. The summed E-state index contributed by atoms with van der Waals surface area (Å²) in [5, 5.41) is 15.5. The normalized spacial score (nSPS) is 15.2. The van der Waals surface area contributed by atoms with E-state index in [1.54, 1.807) is 0 Å². The van der Waals surface area contributed by atoms with Crippen molar-refractivity contribution in [3.05, 3.63) is 40.4 Å². The molecule has 3 rings (SSSR count). The molecule has 1 fully saturated rings. The van der Waals surface area contributed by atoms with Crippen LogP contribution in [0.4, 0.5) is 9.93 Å². The molecule has 1 aromatic heterocycles. The van der Waals surface area contributed by atoms with Gasteiger partial charge in [-0.3, -0.25) is 5.32 Å². The molecule has 2 N–H and O–H groups in total. The minimum atomic E-state index is -0.240. The molecule has 1 aliphatic carbocycles. The summed E-state index contributed by atoms with van der Waals surface area (Å²) in [4.78, 5) is 14.3. The predicted molar refractivity (Wildman–Crippen MR) is 101 cm³/mol.